The van der Waals surface area contributed by atoms with Crippen molar-refractivity contribution >= 4 is 5.65 Å². The number of hydrogen-bond acceptors (Lipinski definition) is 5. The van der Waals surface area contributed by atoms with Crippen molar-refractivity contribution in [2.45, 2.75) is 6.42 Å². The normalized spacial score (nSPS) is 11.0. The zero-order chi connectivity index (χ0) is 15.6. The summed E-state index contributed by atoms with van der Waals surface area (Å²) in [7, 11) is 1.65. The second-order valence-corrected chi connectivity index (χ2v) is 5.10. The minimum Gasteiger partial charge on any atom is -0.496 e. The standard InChI is InChI=1S/C17H14N4O2/c1-22-14-7-3-2-6-12(14)10-15-19-17(23-20-15)13-11-21-9-5-4-8-16(21)18-13/h2-9,11H,10H2,1H3. The molecular weight excluding hydrogens is 292 g/mol. The Kier molecular flexibility index (Phi) is 3.27. The molecule has 0 atom stereocenters. The minimum atomic E-state index is 0.415. The first-order valence-electron chi connectivity index (χ1n) is 7.22. The Morgan fingerprint density at radius 1 is 1.09 bits per heavy atom. The number of para-hydroxylation sites is 1. The van der Waals surface area contributed by atoms with E-state index in [4.69, 9.17) is 9.26 Å². The van der Waals surface area contributed by atoms with E-state index in [2.05, 4.69) is 15.1 Å². The van der Waals surface area contributed by atoms with Gasteiger partial charge in [0.15, 0.2) is 5.82 Å². The Morgan fingerprint density at radius 3 is 2.83 bits per heavy atom. The Morgan fingerprint density at radius 2 is 1.96 bits per heavy atom. The highest BCUT2D eigenvalue weighted by Gasteiger charge is 2.14. The Labute approximate surface area is 132 Å². The highest BCUT2D eigenvalue weighted by molar-refractivity contribution is 5.54. The summed E-state index contributed by atoms with van der Waals surface area (Å²) in [6.45, 7) is 0. The van der Waals surface area contributed by atoms with E-state index >= 15 is 0 Å². The predicted octanol–water partition coefficient (Wildman–Crippen LogP) is 2.98. The lowest BCUT2D eigenvalue weighted by atomic mass is 10.1. The smallest absolute Gasteiger partial charge is 0.278 e. The molecule has 0 spiro atoms. The van der Waals surface area contributed by atoms with E-state index in [1.807, 2.05) is 59.3 Å². The number of rotatable bonds is 4. The molecule has 114 valence electrons. The molecule has 6 nitrogen and oxygen atoms in total. The molecular formula is C17H14N4O2. The first-order chi connectivity index (χ1) is 11.3. The van der Waals surface area contributed by atoms with Gasteiger partial charge in [-0.1, -0.05) is 29.4 Å². The van der Waals surface area contributed by atoms with Gasteiger partial charge in [-0.15, -0.1) is 0 Å². The molecule has 0 N–H and O–H groups in total. The number of imidazole rings is 1. The van der Waals surface area contributed by atoms with Gasteiger partial charge in [-0.05, 0) is 18.2 Å². The summed E-state index contributed by atoms with van der Waals surface area (Å²) in [5.41, 5.74) is 2.51. The third-order valence-electron chi connectivity index (χ3n) is 3.59. The van der Waals surface area contributed by atoms with Gasteiger partial charge in [-0.3, -0.25) is 0 Å². The van der Waals surface area contributed by atoms with Crippen LogP contribution in [-0.4, -0.2) is 26.6 Å². The maximum absolute atomic E-state index is 5.35. The number of fused-ring (bicyclic) bond motifs is 1. The maximum atomic E-state index is 5.35. The van der Waals surface area contributed by atoms with Crippen LogP contribution < -0.4 is 4.74 Å². The molecule has 0 saturated heterocycles. The lowest BCUT2D eigenvalue weighted by Gasteiger charge is -2.04. The van der Waals surface area contributed by atoms with Crippen LogP contribution in [0.2, 0.25) is 0 Å². The molecule has 3 heterocycles. The largest absolute Gasteiger partial charge is 0.496 e. The van der Waals surface area contributed by atoms with Crippen LogP contribution in [-0.2, 0) is 6.42 Å². The molecule has 0 fully saturated rings. The lowest BCUT2D eigenvalue weighted by Crippen LogP contribution is -1.95. The number of methoxy groups -OCH3 is 1. The van der Waals surface area contributed by atoms with Gasteiger partial charge in [0.25, 0.3) is 5.89 Å². The topological polar surface area (TPSA) is 65.5 Å². The van der Waals surface area contributed by atoms with Crippen LogP contribution >= 0.6 is 0 Å². The highest BCUT2D eigenvalue weighted by Crippen LogP contribution is 2.22. The quantitative estimate of drug-likeness (QED) is 0.580. The van der Waals surface area contributed by atoms with Crippen molar-refractivity contribution in [2.75, 3.05) is 7.11 Å². The molecule has 0 amide bonds. The van der Waals surface area contributed by atoms with E-state index in [1.165, 1.54) is 0 Å². The van der Waals surface area contributed by atoms with Gasteiger partial charge in [-0.2, -0.15) is 4.98 Å². The summed E-state index contributed by atoms with van der Waals surface area (Å²) in [6.07, 6.45) is 4.34. The number of nitrogens with zero attached hydrogens (tertiary/aromatic N) is 4. The highest BCUT2D eigenvalue weighted by atomic mass is 16.5. The number of ether oxygens (including phenoxy) is 1. The molecule has 4 rings (SSSR count). The van der Waals surface area contributed by atoms with E-state index in [-0.39, 0.29) is 0 Å². The molecule has 4 aromatic rings. The molecule has 0 bridgehead atoms. The van der Waals surface area contributed by atoms with Gasteiger partial charge in [0.05, 0.1) is 7.11 Å². The fourth-order valence-corrected chi connectivity index (χ4v) is 2.49. The van der Waals surface area contributed by atoms with E-state index in [9.17, 15) is 0 Å². The van der Waals surface area contributed by atoms with Crippen molar-refractivity contribution in [3.63, 3.8) is 0 Å². The molecule has 23 heavy (non-hydrogen) atoms. The van der Waals surface area contributed by atoms with E-state index in [1.54, 1.807) is 7.11 Å². The maximum Gasteiger partial charge on any atom is 0.278 e. The molecule has 0 aliphatic carbocycles. The van der Waals surface area contributed by atoms with Gasteiger partial charge in [0.1, 0.15) is 17.1 Å². The van der Waals surface area contributed by atoms with Crippen LogP contribution in [0.25, 0.3) is 17.2 Å². The van der Waals surface area contributed by atoms with Crippen LogP contribution in [0.1, 0.15) is 11.4 Å². The van der Waals surface area contributed by atoms with Crippen molar-refractivity contribution < 1.29 is 9.26 Å². The van der Waals surface area contributed by atoms with Gasteiger partial charge in [0.2, 0.25) is 0 Å². The second kappa shape index (κ2) is 5.57. The van der Waals surface area contributed by atoms with Gasteiger partial charge in [0, 0.05) is 24.4 Å². The van der Waals surface area contributed by atoms with E-state index in [0.717, 1.165) is 17.0 Å². The van der Waals surface area contributed by atoms with Crippen LogP contribution in [0.4, 0.5) is 0 Å². The van der Waals surface area contributed by atoms with Crippen molar-refractivity contribution in [1.82, 2.24) is 19.5 Å². The Hall–Kier alpha value is -3.15. The molecule has 3 aromatic heterocycles. The fourth-order valence-electron chi connectivity index (χ4n) is 2.49. The predicted molar refractivity (Wildman–Crippen MR) is 84.3 cm³/mol. The molecule has 0 unspecified atom stereocenters. The van der Waals surface area contributed by atoms with Crippen LogP contribution in [0.3, 0.4) is 0 Å². The number of aromatic nitrogens is 4. The zero-order valence-electron chi connectivity index (χ0n) is 12.5. The second-order valence-electron chi connectivity index (χ2n) is 5.10. The number of benzene rings is 1. The molecule has 0 aliphatic rings. The first kappa shape index (κ1) is 13.5. The molecule has 1 aromatic carbocycles. The summed E-state index contributed by atoms with van der Waals surface area (Å²) >= 11 is 0. The molecule has 0 aliphatic heterocycles. The summed E-state index contributed by atoms with van der Waals surface area (Å²) in [5, 5.41) is 4.04. The summed E-state index contributed by atoms with van der Waals surface area (Å²) in [4.78, 5) is 8.92. The average molecular weight is 306 g/mol. The average Bonchev–Trinajstić information content (AvgIpc) is 3.21. The van der Waals surface area contributed by atoms with Gasteiger partial charge >= 0.3 is 0 Å². The zero-order valence-corrected chi connectivity index (χ0v) is 12.5. The summed E-state index contributed by atoms with van der Waals surface area (Å²) in [5.74, 6) is 1.83. The summed E-state index contributed by atoms with van der Waals surface area (Å²) < 4.78 is 12.6. The van der Waals surface area contributed by atoms with Crippen molar-refractivity contribution in [2.24, 2.45) is 0 Å². The van der Waals surface area contributed by atoms with Crippen LogP contribution in [0.15, 0.2) is 59.4 Å². The lowest BCUT2D eigenvalue weighted by molar-refractivity contribution is 0.408. The van der Waals surface area contributed by atoms with E-state index in [0.29, 0.717) is 23.8 Å². The van der Waals surface area contributed by atoms with Crippen molar-refractivity contribution in [3.05, 3.63) is 66.2 Å². The minimum absolute atomic E-state index is 0.415. The summed E-state index contributed by atoms with van der Waals surface area (Å²) in [6, 6.07) is 13.6. The number of hydrogen-bond donors (Lipinski definition) is 0. The van der Waals surface area contributed by atoms with Crippen molar-refractivity contribution in [1.29, 1.82) is 0 Å². The number of pyridine rings is 1. The van der Waals surface area contributed by atoms with Crippen LogP contribution in [0, 0.1) is 0 Å². The van der Waals surface area contributed by atoms with E-state index < -0.39 is 0 Å². The Balaban J connectivity index is 1.63. The third-order valence-corrected chi connectivity index (χ3v) is 3.59. The monoisotopic (exact) mass is 306 g/mol. The molecule has 6 heteroatoms. The fraction of sp³-hybridized carbons (Fsp3) is 0.118. The first-order valence-corrected chi connectivity index (χ1v) is 7.22. The van der Waals surface area contributed by atoms with Gasteiger partial charge < -0.3 is 13.7 Å². The van der Waals surface area contributed by atoms with Gasteiger partial charge in [-0.25, -0.2) is 4.98 Å². The van der Waals surface area contributed by atoms with Crippen LogP contribution in [0.5, 0.6) is 5.75 Å². The SMILES string of the molecule is COc1ccccc1Cc1noc(-c2cn3ccccc3n2)n1. The molecule has 0 radical (unpaired) electrons. The molecule has 0 saturated carbocycles. The Bertz CT molecular complexity index is 925. The third kappa shape index (κ3) is 2.55. The van der Waals surface area contributed by atoms with Crippen molar-refractivity contribution in [3.8, 4) is 17.3 Å².